The fraction of sp³-hybridized carbons (Fsp3) is 0.900. The van der Waals surface area contributed by atoms with Gasteiger partial charge in [-0.2, -0.15) is 0 Å². The smallest absolute Gasteiger partial charge is 0.407 e. The van der Waals surface area contributed by atoms with Crippen molar-refractivity contribution < 1.29 is 9.53 Å². The molecule has 2 aliphatic rings. The topological polar surface area (TPSA) is 64.3 Å². The molecule has 0 aromatic heterocycles. The number of hydrogen-bond acceptors (Lipinski definition) is 3. The van der Waals surface area contributed by atoms with Crippen LogP contribution < -0.4 is 11.1 Å². The van der Waals surface area contributed by atoms with Gasteiger partial charge in [-0.1, -0.05) is 0 Å². The lowest BCUT2D eigenvalue weighted by Gasteiger charge is -2.13. The van der Waals surface area contributed by atoms with Gasteiger partial charge in [0.25, 0.3) is 0 Å². The van der Waals surface area contributed by atoms with E-state index in [-0.39, 0.29) is 6.09 Å². The molecule has 2 aliphatic carbocycles. The second-order valence-corrected chi connectivity index (χ2v) is 4.56. The van der Waals surface area contributed by atoms with Gasteiger partial charge in [0.1, 0.15) is 0 Å². The quantitative estimate of drug-likeness (QED) is 0.656. The Hall–Kier alpha value is -0.770. The summed E-state index contributed by atoms with van der Waals surface area (Å²) in [5, 5.41) is 2.87. The summed E-state index contributed by atoms with van der Waals surface area (Å²) in [5.41, 5.74) is 5.89. The number of methoxy groups -OCH3 is 1. The number of nitrogens with two attached hydrogens (primary N) is 1. The number of rotatable bonds is 1. The van der Waals surface area contributed by atoms with Crippen LogP contribution in [0.3, 0.4) is 0 Å². The van der Waals surface area contributed by atoms with Crippen LogP contribution in [-0.4, -0.2) is 25.3 Å². The standard InChI is InChI=1S/C10H18N2O2/c1-14-10(13)12-9-4-6-2-8(11)3-7(6)5-9/h6-9H,2-5,11H2,1H3,(H,12,13). The Balaban J connectivity index is 1.82. The Morgan fingerprint density at radius 1 is 1.29 bits per heavy atom. The number of carbonyl (C=O) groups excluding carboxylic acids is 1. The largest absolute Gasteiger partial charge is 0.453 e. The van der Waals surface area contributed by atoms with Crippen molar-refractivity contribution in [1.29, 1.82) is 0 Å². The average Bonchev–Trinajstić information content (AvgIpc) is 2.60. The summed E-state index contributed by atoms with van der Waals surface area (Å²) in [5.74, 6) is 1.46. The van der Waals surface area contributed by atoms with E-state index in [1.165, 1.54) is 7.11 Å². The summed E-state index contributed by atoms with van der Waals surface area (Å²) >= 11 is 0. The Labute approximate surface area is 84.2 Å². The number of carbonyl (C=O) groups is 1. The van der Waals surface area contributed by atoms with Crippen molar-refractivity contribution in [1.82, 2.24) is 5.32 Å². The van der Waals surface area contributed by atoms with Gasteiger partial charge in [0.2, 0.25) is 0 Å². The fourth-order valence-electron chi connectivity index (χ4n) is 3.01. The van der Waals surface area contributed by atoms with Gasteiger partial charge in [-0.15, -0.1) is 0 Å². The molecule has 0 aromatic rings. The van der Waals surface area contributed by atoms with Crippen LogP contribution in [0.4, 0.5) is 4.79 Å². The third kappa shape index (κ3) is 1.85. The lowest BCUT2D eigenvalue weighted by molar-refractivity contribution is 0.166. The molecule has 2 rings (SSSR count). The molecule has 2 atom stereocenters. The van der Waals surface area contributed by atoms with Gasteiger partial charge in [0.05, 0.1) is 7.11 Å². The molecule has 0 aromatic carbocycles. The molecule has 0 spiro atoms. The molecule has 0 heterocycles. The minimum atomic E-state index is -0.306. The van der Waals surface area contributed by atoms with Gasteiger partial charge < -0.3 is 15.8 Å². The molecule has 3 N–H and O–H groups in total. The zero-order valence-electron chi connectivity index (χ0n) is 8.53. The highest BCUT2D eigenvalue weighted by Gasteiger charge is 2.40. The van der Waals surface area contributed by atoms with E-state index in [2.05, 4.69) is 10.1 Å². The van der Waals surface area contributed by atoms with Crippen LogP contribution in [0.1, 0.15) is 25.7 Å². The van der Waals surface area contributed by atoms with E-state index in [0.29, 0.717) is 12.1 Å². The zero-order chi connectivity index (χ0) is 10.1. The SMILES string of the molecule is COC(=O)NC1CC2CC(N)CC2C1. The summed E-state index contributed by atoms with van der Waals surface area (Å²) in [6.07, 6.45) is 4.11. The van der Waals surface area contributed by atoms with Crippen LogP contribution in [0.15, 0.2) is 0 Å². The molecule has 4 heteroatoms. The van der Waals surface area contributed by atoms with E-state index in [4.69, 9.17) is 5.73 Å². The Morgan fingerprint density at radius 2 is 1.86 bits per heavy atom. The summed E-state index contributed by atoms with van der Waals surface area (Å²) in [7, 11) is 1.40. The normalized spacial score (nSPS) is 40.7. The van der Waals surface area contributed by atoms with Crippen molar-refractivity contribution >= 4 is 6.09 Å². The maximum absolute atomic E-state index is 11.0. The Morgan fingerprint density at radius 3 is 2.36 bits per heavy atom. The van der Waals surface area contributed by atoms with Gasteiger partial charge >= 0.3 is 6.09 Å². The number of alkyl carbamates (subject to hydrolysis) is 1. The van der Waals surface area contributed by atoms with Crippen molar-refractivity contribution in [3.8, 4) is 0 Å². The van der Waals surface area contributed by atoms with Gasteiger partial charge in [-0.25, -0.2) is 4.79 Å². The first kappa shape index (κ1) is 9.77. The summed E-state index contributed by atoms with van der Waals surface area (Å²) < 4.78 is 4.58. The van der Waals surface area contributed by atoms with E-state index in [9.17, 15) is 4.79 Å². The molecule has 4 nitrogen and oxygen atoms in total. The van der Waals surface area contributed by atoms with Crippen LogP contribution in [-0.2, 0) is 4.74 Å². The molecule has 2 saturated carbocycles. The van der Waals surface area contributed by atoms with Gasteiger partial charge in [-0.3, -0.25) is 0 Å². The maximum Gasteiger partial charge on any atom is 0.407 e. The molecular formula is C10H18N2O2. The fourth-order valence-corrected chi connectivity index (χ4v) is 3.01. The van der Waals surface area contributed by atoms with E-state index < -0.39 is 0 Å². The van der Waals surface area contributed by atoms with Gasteiger partial charge in [-0.05, 0) is 37.5 Å². The average molecular weight is 198 g/mol. The first-order chi connectivity index (χ1) is 6.69. The molecule has 80 valence electrons. The molecule has 0 aliphatic heterocycles. The van der Waals surface area contributed by atoms with Crippen molar-refractivity contribution in [3.63, 3.8) is 0 Å². The van der Waals surface area contributed by atoms with Crippen LogP contribution in [0, 0.1) is 11.8 Å². The minimum absolute atomic E-state index is 0.306. The van der Waals surface area contributed by atoms with Gasteiger partial charge in [0, 0.05) is 12.1 Å². The number of nitrogens with one attached hydrogen (secondary N) is 1. The molecule has 14 heavy (non-hydrogen) atoms. The van der Waals surface area contributed by atoms with E-state index in [1.54, 1.807) is 0 Å². The molecule has 2 unspecified atom stereocenters. The summed E-state index contributed by atoms with van der Waals surface area (Å²) in [6.45, 7) is 0. The second-order valence-electron chi connectivity index (χ2n) is 4.56. The minimum Gasteiger partial charge on any atom is -0.453 e. The highest BCUT2D eigenvalue weighted by molar-refractivity contribution is 5.67. The van der Waals surface area contributed by atoms with Crippen molar-refractivity contribution in [2.24, 2.45) is 17.6 Å². The predicted octanol–water partition coefficient (Wildman–Crippen LogP) is 0.858. The van der Waals surface area contributed by atoms with Crippen molar-refractivity contribution in [3.05, 3.63) is 0 Å². The molecule has 1 amide bonds. The number of amides is 1. The number of ether oxygens (including phenoxy) is 1. The first-order valence-electron chi connectivity index (χ1n) is 5.29. The summed E-state index contributed by atoms with van der Waals surface area (Å²) in [6, 6.07) is 0.703. The Bertz CT molecular complexity index is 218. The van der Waals surface area contributed by atoms with Crippen molar-refractivity contribution in [2.45, 2.75) is 37.8 Å². The van der Waals surface area contributed by atoms with E-state index in [0.717, 1.165) is 37.5 Å². The second kappa shape index (κ2) is 3.77. The Kier molecular flexibility index (Phi) is 2.63. The maximum atomic E-state index is 11.0. The molecule has 0 saturated heterocycles. The van der Waals surface area contributed by atoms with Crippen LogP contribution >= 0.6 is 0 Å². The summed E-state index contributed by atoms with van der Waals surface area (Å²) in [4.78, 5) is 11.0. The van der Waals surface area contributed by atoms with E-state index in [1.807, 2.05) is 0 Å². The highest BCUT2D eigenvalue weighted by Crippen LogP contribution is 2.43. The third-order valence-electron chi connectivity index (χ3n) is 3.56. The third-order valence-corrected chi connectivity index (χ3v) is 3.56. The molecular weight excluding hydrogens is 180 g/mol. The number of fused-ring (bicyclic) bond motifs is 1. The van der Waals surface area contributed by atoms with Crippen LogP contribution in [0.25, 0.3) is 0 Å². The first-order valence-corrected chi connectivity index (χ1v) is 5.29. The highest BCUT2D eigenvalue weighted by atomic mass is 16.5. The predicted molar refractivity (Wildman–Crippen MR) is 52.8 cm³/mol. The van der Waals surface area contributed by atoms with E-state index >= 15 is 0 Å². The lowest BCUT2D eigenvalue weighted by Crippen LogP contribution is -2.33. The van der Waals surface area contributed by atoms with Crippen LogP contribution in [0.2, 0.25) is 0 Å². The van der Waals surface area contributed by atoms with Crippen molar-refractivity contribution in [2.75, 3.05) is 7.11 Å². The molecule has 0 bridgehead atoms. The monoisotopic (exact) mass is 198 g/mol. The number of hydrogen-bond donors (Lipinski definition) is 2. The van der Waals surface area contributed by atoms with Gasteiger partial charge in [0.15, 0.2) is 0 Å². The lowest BCUT2D eigenvalue weighted by atomic mass is 10.0. The zero-order valence-corrected chi connectivity index (χ0v) is 8.53. The molecule has 0 radical (unpaired) electrons. The molecule has 2 fully saturated rings. The van der Waals surface area contributed by atoms with Crippen LogP contribution in [0.5, 0.6) is 0 Å².